The van der Waals surface area contributed by atoms with Crippen molar-refractivity contribution in [1.82, 2.24) is 19.4 Å². The van der Waals surface area contributed by atoms with Crippen molar-refractivity contribution in [2.24, 2.45) is 0 Å². The van der Waals surface area contributed by atoms with Crippen LogP contribution in [-0.4, -0.2) is 85.7 Å². The van der Waals surface area contributed by atoms with Gasteiger partial charge in [-0.25, -0.2) is 8.42 Å². The molecular formula is C23H34N4O4S. The van der Waals surface area contributed by atoms with Crippen LogP contribution in [0, 0.1) is 20.8 Å². The van der Waals surface area contributed by atoms with Crippen LogP contribution in [0.15, 0.2) is 17.0 Å². The zero-order valence-electron chi connectivity index (χ0n) is 19.3. The van der Waals surface area contributed by atoms with Crippen LogP contribution >= 0.6 is 0 Å². The summed E-state index contributed by atoms with van der Waals surface area (Å²) in [5.74, 6) is -0.0697. The molecule has 2 saturated heterocycles. The molecule has 1 unspecified atom stereocenters. The summed E-state index contributed by atoms with van der Waals surface area (Å²) in [6.45, 7) is 8.59. The predicted octanol–water partition coefficient (Wildman–Crippen LogP) is 1.19. The van der Waals surface area contributed by atoms with Gasteiger partial charge < -0.3 is 10.2 Å². The number of hydrogen-bond acceptors (Lipinski definition) is 5. The highest BCUT2D eigenvalue weighted by Crippen LogP contribution is 2.31. The number of hydrogen-bond donors (Lipinski definition) is 1. The van der Waals surface area contributed by atoms with Crippen molar-refractivity contribution in [2.75, 3.05) is 39.3 Å². The standard InChI is InChI=1S/C23H34N4O4S/c1-16-13-17(2)22(18(3)14-16)32(30,31)27-8-4-5-20(27)23(29)26-11-9-25(10-12-26)15-21(28)24-19-6-7-19/h13-14,19-20H,4-12,15H2,1-3H3,(H,24,28). The summed E-state index contributed by atoms with van der Waals surface area (Å²) in [7, 11) is -3.76. The SMILES string of the molecule is Cc1cc(C)c(S(=O)(=O)N2CCCC2C(=O)N2CCN(CC(=O)NC3CC3)CC2)c(C)c1. The number of carbonyl (C=O) groups excluding carboxylic acids is 2. The maximum atomic E-state index is 13.6. The first-order valence-electron chi connectivity index (χ1n) is 11.6. The monoisotopic (exact) mass is 462 g/mol. The zero-order valence-corrected chi connectivity index (χ0v) is 20.1. The summed E-state index contributed by atoms with van der Waals surface area (Å²) in [6, 6.07) is 3.46. The van der Waals surface area contributed by atoms with Gasteiger partial charge in [-0.15, -0.1) is 0 Å². The molecule has 0 bridgehead atoms. The van der Waals surface area contributed by atoms with Gasteiger partial charge in [0.25, 0.3) is 0 Å². The third-order valence-electron chi connectivity index (χ3n) is 6.65. The summed E-state index contributed by atoms with van der Waals surface area (Å²) in [5, 5.41) is 3.00. The molecule has 1 saturated carbocycles. The smallest absolute Gasteiger partial charge is 0.244 e. The second kappa shape index (κ2) is 9.11. The van der Waals surface area contributed by atoms with Gasteiger partial charge in [-0.2, -0.15) is 4.31 Å². The Kier molecular flexibility index (Phi) is 6.61. The summed E-state index contributed by atoms with van der Waals surface area (Å²) in [4.78, 5) is 29.5. The minimum Gasteiger partial charge on any atom is -0.352 e. The third kappa shape index (κ3) is 4.84. The van der Waals surface area contributed by atoms with Gasteiger partial charge in [0.2, 0.25) is 21.8 Å². The molecule has 9 heteroatoms. The first kappa shape index (κ1) is 23.2. The van der Waals surface area contributed by atoms with Crippen molar-refractivity contribution in [3.63, 3.8) is 0 Å². The predicted molar refractivity (Wildman–Crippen MR) is 122 cm³/mol. The first-order valence-corrected chi connectivity index (χ1v) is 13.0. The molecule has 2 aliphatic heterocycles. The second-order valence-corrected chi connectivity index (χ2v) is 11.3. The highest BCUT2D eigenvalue weighted by atomic mass is 32.2. The van der Waals surface area contributed by atoms with E-state index in [2.05, 4.69) is 10.2 Å². The van der Waals surface area contributed by atoms with E-state index in [0.717, 1.165) is 29.5 Å². The Bertz CT molecular complexity index is 974. The maximum absolute atomic E-state index is 13.6. The Labute approximate surface area is 191 Å². The molecule has 2 heterocycles. The minimum atomic E-state index is -3.76. The molecule has 1 atom stereocenters. The molecule has 176 valence electrons. The highest BCUT2D eigenvalue weighted by molar-refractivity contribution is 7.89. The van der Waals surface area contributed by atoms with Crippen LogP contribution in [0.3, 0.4) is 0 Å². The van der Waals surface area contributed by atoms with Crippen LogP contribution in [0.1, 0.15) is 42.4 Å². The van der Waals surface area contributed by atoms with Crippen LogP contribution in [0.25, 0.3) is 0 Å². The topological polar surface area (TPSA) is 90.0 Å². The molecule has 2 amide bonds. The van der Waals surface area contributed by atoms with Gasteiger partial charge in [0, 0.05) is 38.8 Å². The molecule has 0 spiro atoms. The van der Waals surface area contributed by atoms with Crippen molar-refractivity contribution < 1.29 is 18.0 Å². The molecule has 3 fully saturated rings. The van der Waals surface area contributed by atoms with Crippen LogP contribution in [0.4, 0.5) is 0 Å². The largest absolute Gasteiger partial charge is 0.352 e. The van der Waals surface area contributed by atoms with Crippen LogP contribution in [-0.2, 0) is 19.6 Å². The fourth-order valence-corrected chi connectivity index (χ4v) is 7.07. The number of carbonyl (C=O) groups is 2. The number of aryl methyl sites for hydroxylation is 3. The lowest BCUT2D eigenvalue weighted by molar-refractivity contribution is -0.136. The van der Waals surface area contributed by atoms with E-state index in [-0.39, 0.29) is 11.8 Å². The summed E-state index contributed by atoms with van der Waals surface area (Å²) in [6.07, 6.45) is 3.36. The first-order chi connectivity index (χ1) is 15.2. The quantitative estimate of drug-likeness (QED) is 0.686. The van der Waals surface area contributed by atoms with Gasteiger partial charge in [-0.1, -0.05) is 17.7 Å². The fourth-order valence-electron chi connectivity index (χ4n) is 5.01. The molecule has 0 radical (unpaired) electrons. The second-order valence-electron chi connectivity index (χ2n) is 9.44. The summed E-state index contributed by atoms with van der Waals surface area (Å²) < 4.78 is 28.5. The molecule has 1 aromatic carbocycles. The number of rotatable bonds is 6. The van der Waals surface area contributed by atoms with Crippen LogP contribution in [0.2, 0.25) is 0 Å². The summed E-state index contributed by atoms with van der Waals surface area (Å²) in [5.41, 5.74) is 2.47. The Morgan fingerprint density at radius 2 is 1.59 bits per heavy atom. The minimum absolute atomic E-state index is 0.0455. The van der Waals surface area contributed by atoms with E-state index in [0.29, 0.717) is 63.0 Å². The van der Waals surface area contributed by atoms with Crippen LogP contribution < -0.4 is 5.32 Å². The Morgan fingerprint density at radius 3 is 2.19 bits per heavy atom. The number of nitrogens with one attached hydrogen (secondary N) is 1. The third-order valence-corrected chi connectivity index (χ3v) is 8.87. The number of nitrogens with zero attached hydrogens (tertiary/aromatic N) is 3. The Morgan fingerprint density at radius 1 is 0.969 bits per heavy atom. The van der Waals surface area contributed by atoms with Crippen molar-refractivity contribution in [1.29, 1.82) is 0 Å². The number of piperazine rings is 1. The lowest BCUT2D eigenvalue weighted by Crippen LogP contribution is -2.55. The molecule has 32 heavy (non-hydrogen) atoms. The van der Waals surface area contributed by atoms with Crippen molar-refractivity contribution in [3.8, 4) is 0 Å². The Hall–Kier alpha value is -1.97. The van der Waals surface area contributed by atoms with E-state index in [4.69, 9.17) is 0 Å². The number of amides is 2. The molecule has 1 aromatic rings. The molecule has 3 aliphatic rings. The molecule has 4 rings (SSSR count). The fraction of sp³-hybridized carbons (Fsp3) is 0.652. The van der Waals surface area contributed by atoms with Crippen molar-refractivity contribution in [2.45, 2.75) is 63.4 Å². The van der Waals surface area contributed by atoms with E-state index in [1.54, 1.807) is 4.90 Å². The van der Waals surface area contributed by atoms with Gasteiger partial charge in [0.15, 0.2) is 0 Å². The molecule has 0 aromatic heterocycles. The van der Waals surface area contributed by atoms with Crippen molar-refractivity contribution in [3.05, 3.63) is 28.8 Å². The maximum Gasteiger partial charge on any atom is 0.244 e. The molecular weight excluding hydrogens is 428 g/mol. The van der Waals surface area contributed by atoms with Gasteiger partial charge in [-0.3, -0.25) is 14.5 Å². The van der Waals surface area contributed by atoms with E-state index < -0.39 is 16.1 Å². The van der Waals surface area contributed by atoms with E-state index in [1.807, 2.05) is 32.9 Å². The van der Waals surface area contributed by atoms with Crippen LogP contribution in [0.5, 0.6) is 0 Å². The highest BCUT2D eigenvalue weighted by Gasteiger charge is 2.42. The number of benzene rings is 1. The van der Waals surface area contributed by atoms with Gasteiger partial charge in [0.05, 0.1) is 11.4 Å². The van der Waals surface area contributed by atoms with Gasteiger partial charge in [-0.05, 0) is 57.6 Å². The molecule has 8 nitrogen and oxygen atoms in total. The van der Waals surface area contributed by atoms with E-state index in [1.165, 1.54) is 4.31 Å². The normalized spacial score (nSPS) is 22.8. The lowest BCUT2D eigenvalue weighted by atomic mass is 10.1. The van der Waals surface area contributed by atoms with Gasteiger partial charge in [0.1, 0.15) is 6.04 Å². The van der Waals surface area contributed by atoms with Gasteiger partial charge >= 0.3 is 0 Å². The zero-order chi connectivity index (χ0) is 23.0. The molecule has 1 N–H and O–H groups in total. The van der Waals surface area contributed by atoms with E-state index in [9.17, 15) is 18.0 Å². The van der Waals surface area contributed by atoms with E-state index >= 15 is 0 Å². The lowest BCUT2D eigenvalue weighted by Gasteiger charge is -2.37. The summed E-state index contributed by atoms with van der Waals surface area (Å²) >= 11 is 0. The average molecular weight is 463 g/mol. The Balaban J connectivity index is 1.41. The molecule has 1 aliphatic carbocycles. The average Bonchev–Trinajstić information content (AvgIpc) is 3.37. The van der Waals surface area contributed by atoms with Crippen molar-refractivity contribution >= 4 is 21.8 Å². The number of sulfonamides is 1.